The second-order valence-electron chi connectivity index (χ2n) is 2.58. The topological polar surface area (TPSA) is 20.2 Å². The standard InChI is InChI=1S/C10H16O/c1-5-8(3)7-9(4)10(11)6-2/h5,7,11H,1,6H2,2-4H3/b8-7-,10-9+. The third kappa shape index (κ3) is 3.66. The first-order valence-corrected chi connectivity index (χ1v) is 3.81. The molecule has 1 N–H and O–H groups in total. The maximum Gasteiger partial charge on any atom is 0.0948 e. The Morgan fingerprint density at radius 2 is 2.00 bits per heavy atom. The van der Waals surface area contributed by atoms with E-state index in [1.165, 1.54) is 0 Å². The van der Waals surface area contributed by atoms with Crippen LogP contribution in [0.15, 0.2) is 35.6 Å². The molecule has 0 aromatic heterocycles. The molecule has 0 aliphatic carbocycles. The van der Waals surface area contributed by atoms with E-state index in [-0.39, 0.29) is 0 Å². The second kappa shape index (κ2) is 4.78. The second-order valence-corrected chi connectivity index (χ2v) is 2.58. The lowest BCUT2D eigenvalue weighted by atomic mass is 10.1. The average Bonchev–Trinajstić information content (AvgIpc) is 2.02. The van der Waals surface area contributed by atoms with E-state index in [0.29, 0.717) is 12.2 Å². The molecule has 0 bridgehead atoms. The van der Waals surface area contributed by atoms with Crippen molar-refractivity contribution in [1.82, 2.24) is 0 Å². The molecular formula is C10H16O. The van der Waals surface area contributed by atoms with E-state index in [1.54, 1.807) is 6.08 Å². The van der Waals surface area contributed by atoms with Crippen molar-refractivity contribution in [2.45, 2.75) is 27.2 Å². The van der Waals surface area contributed by atoms with Crippen LogP contribution in [-0.2, 0) is 0 Å². The SMILES string of the molecule is C=C/C(C)=C\C(C)=C(\O)CC. The Hall–Kier alpha value is -0.980. The molecule has 0 aliphatic rings. The predicted molar refractivity (Wildman–Crippen MR) is 49.6 cm³/mol. The van der Waals surface area contributed by atoms with Crippen LogP contribution in [0.4, 0.5) is 0 Å². The van der Waals surface area contributed by atoms with Gasteiger partial charge in [0.1, 0.15) is 0 Å². The van der Waals surface area contributed by atoms with Crippen LogP contribution in [0.3, 0.4) is 0 Å². The zero-order chi connectivity index (χ0) is 8.85. The van der Waals surface area contributed by atoms with E-state index in [9.17, 15) is 5.11 Å². The van der Waals surface area contributed by atoms with Gasteiger partial charge in [-0.3, -0.25) is 0 Å². The summed E-state index contributed by atoms with van der Waals surface area (Å²) in [6, 6.07) is 0. The van der Waals surface area contributed by atoms with Gasteiger partial charge >= 0.3 is 0 Å². The van der Waals surface area contributed by atoms with Gasteiger partial charge < -0.3 is 5.11 Å². The maximum absolute atomic E-state index is 9.27. The van der Waals surface area contributed by atoms with E-state index in [1.807, 2.05) is 26.8 Å². The van der Waals surface area contributed by atoms with Crippen molar-refractivity contribution in [2.24, 2.45) is 0 Å². The van der Waals surface area contributed by atoms with Crippen LogP contribution in [0, 0.1) is 0 Å². The predicted octanol–water partition coefficient (Wildman–Crippen LogP) is 3.36. The van der Waals surface area contributed by atoms with Crippen LogP contribution in [0.5, 0.6) is 0 Å². The molecule has 0 aliphatic heterocycles. The largest absolute Gasteiger partial charge is 0.512 e. The number of allylic oxidation sites excluding steroid dienone is 5. The summed E-state index contributed by atoms with van der Waals surface area (Å²) in [5, 5.41) is 9.27. The molecule has 11 heavy (non-hydrogen) atoms. The summed E-state index contributed by atoms with van der Waals surface area (Å²) in [4.78, 5) is 0. The van der Waals surface area contributed by atoms with Crippen LogP contribution >= 0.6 is 0 Å². The quantitative estimate of drug-likeness (QED) is 0.485. The van der Waals surface area contributed by atoms with E-state index < -0.39 is 0 Å². The van der Waals surface area contributed by atoms with Gasteiger partial charge in [0, 0.05) is 6.42 Å². The summed E-state index contributed by atoms with van der Waals surface area (Å²) in [6.07, 6.45) is 4.38. The molecule has 62 valence electrons. The van der Waals surface area contributed by atoms with E-state index in [2.05, 4.69) is 6.58 Å². The smallest absolute Gasteiger partial charge is 0.0948 e. The summed E-state index contributed by atoms with van der Waals surface area (Å²) in [7, 11) is 0. The molecule has 0 amide bonds. The van der Waals surface area contributed by atoms with Gasteiger partial charge in [-0.2, -0.15) is 0 Å². The fourth-order valence-corrected chi connectivity index (χ4v) is 0.763. The van der Waals surface area contributed by atoms with Gasteiger partial charge in [-0.1, -0.05) is 31.2 Å². The average molecular weight is 152 g/mol. The minimum atomic E-state index is 0.450. The third-order valence-electron chi connectivity index (χ3n) is 1.56. The fraction of sp³-hybridized carbons (Fsp3) is 0.400. The highest BCUT2D eigenvalue weighted by Gasteiger charge is 1.92. The maximum atomic E-state index is 9.27. The molecule has 0 heterocycles. The van der Waals surface area contributed by atoms with Crippen molar-refractivity contribution in [1.29, 1.82) is 0 Å². The van der Waals surface area contributed by atoms with Gasteiger partial charge in [0.05, 0.1) is 5.76 Å². The lowest BCUT2D eigenvalue weighted by Gasteiger charge is -1.98. The fourth-order valence-electron chi connectivity index (χ4n) is 0.763. The normalized spacial score (nSPS) is 14.3. The third-order valence-corrected chi connectivity index (χ3v) is 1.56. The van der Waals surface area contributed by atoms with Gasteiger partial charge in [0.25, 0.3) is 0 Å². The number of hydrogen-bond acceptors (Lipinski definition) is 1. The highest BCUT2D eigenvalue weighted by Crippen LogP contribution is 2.08. The summed E-state index contributed by atoms with van der Waals surface area (Å²) < 4.78 is 0. The van der Waals surface area contributed by atoms with Crippen LogP contribution in [0.2, 0.25) is 0 Å². The van der Waals surface area contributed by atoms with Crippen molar-refractivity contribution >= 4 is 0 Å². The van der Waals surface area contributed by atoms with Crippen LogP contribution < -0.4 is 0 Å². The Labute approximate surface area is 68.7 Å². The van der Waals surface area contributed by atoms with Crippen molar-refractivity contribution in [2.75, 3.05) is 0 Å². The van der Waals surface area contributed by atoms with E-state index >= 15 is 0 Å². The molecule has 0 unspecified atom stereocenters. The number of aliphatic hydroxyl groups is 1. The highest BCUT2D eigenvalue weighted by atomic mass is 16.3. The molecule has 0 rings (SSSR count). The molecule has 0 fully saturated rings. The van der Waals surface area contributed by atoms with Crippen molar-refractivity contribution < 1.29 is 5.11 Å². The Balaban J connectivity index is 4.49. The monoisotopic (exact) mass is 152 g/mol. The van der Waals surface area contributed by atoms with Gasteiger partial charge in [0.15, 0.2) is 0 Å². The first-order valence-electron chi connectivity index (χ1n) is 3.81. The molecule has 0 saturated carbocycles. The summed E-state index contributed by atoms with van der Waals surface area (Å²) in [5.74, 6) is 0.450. The van der Waals surface area contributed by atoms with Crippen molar-refractivity contribution in [3.05, 3.63) is 35.6 Å². The first-order chi connectivity index (χ1) is 5.11. The van der Waals surface area contributed by atoms with Gasteiger partial charge in [-0.15, -0.1) is 0 Å². The summed E-state index contributed by atoms with van der Waals surface area (Å²) in [5.41, 5.74) is 1.99. The van der Waals surface area contributed by atoms with Crippen molar-refractivity contribution in [3.8, 4) is 0 Å². The summed E-state index contributed by atoms with van der Waals surface area (Å²) >= 11 is 0. The molecule has 0 atom stereocenters. The highest BCUT2D eigenvalue weighted by molar-refractivity contribution is 5.27. The number of aliphatic hydroxyl groups excluding tert-OH is 1. The van der Waals surface area contributed by atoms with Crippen molar-refractivity contribution in [3.63, 3.8) is 0 Å². The molecule has 0 spiro atoms. The molecule has 0 aromatic carbocycles. The molecule has 0 saturated heterocycles. The number of rotatable bonds is 3. The summed E-state index contributed by atoms with van der Waals surface area (Å²) in [6.45, 7) is 9.41. The molecule has 0 aromatic rings. The van der Waals surface area contributed by atoms with Gasteiger partial charge in [-0.25, -0.2) is 0 Å². The lowest BCUT2D eigenvalue weighted by molar-refractivity contribution is 0.389. The Kier molecular flexibility index (Phi) is 4.35. The van der Waals surface area contributed by atoms with E-state index in [0.717, 1.165) is 11.1 Å². The van der Waals surface area contributed by atoms with Crippen LogP contribution in [0.1, 0.15) is 27.2 Å². The van der Waals surface area contributed by atoms with Gasteiger partial charge in [0.2, 0.25) is 0 Å². The number of hydrogen-bond donors (Lipinski definition) is 1. The molecular weight excluding hydrogens is 136 g/mol. The van der Waals surface area contributed by atoms with E-state index in [4.69, 9.17) is 0 Å². The molecule has 0 radical (unpaired) electrons. The Morgan fingerprint density at radius 1 is 1.45 bits per heavy atom. The zero-order valence-corrected chi connectivity index (χ0v) is 7.52. The molecule has 1 nitrogen and oxygen atoms in total. The lowest BCUT2D eigenvalue weighted by Crippen LogP contribution is -1.83. The van der Waals surface area contributed by atoms with Gasteiger partial charge in [-0.05, 0) is 19.4 Å². The van der Waals surface area contributed by atoms with Crippen LogP contribution in [0.25, 0.3) is 0 Å². The minimum absolute atomic E-state index is 0.450. The first kappa shape index (κ1) is 10.0. The zero-order valence-electron chi connectivity index (χ0n) is 7.52. The minimum Gasteiger partial charge on any atom is -0.512 e. The Morgan fingerprint density at radius 3 is 2.36 bits per heavy atom. The van der Waals surface area contributed by atoms with Crippen LogP contribution in [-0.4, -0.2) is 5.11 Å². The Bertz CT molecular complexity index is 197. The molecule has 1 heteroatoms.